The van der Waals surface area contributed by atoms with E-state index in [2.05, 4.69) is 15.3 Å². The fourth-order valence-corrected chi connectivity index (χ4v) is 3.92. The van der Waals surface area contributed by atoms with E-state index in [0.29, 0.717) is 29.9 Å². The highest BCUT2D eigenvalue weighted by Crippen LogP contribution is 2.35. The number of nitrogens with one attached hydrogen (secondary N) is 1. The van der Waals surface area contributed by atoms with E-state index in [-0.39, 0.29) is 29.5 Å². The summed E-state index contributed by atoms with van der Waals surface area (Å²) < 4.78 is 39.8. The van der Waals surface area contributed by atoms with Gasteiger partial charge in [0, 0.05) is 43.1 Å². The SMILES string of the molecule is CC(C)c1ncc(C(=O)NC2CCC(N(C)c3ccc(C#N)c(C(F)(F)F)c3)CC2)cn1. The molecular formula is C23H26F3N5O. The monoisotopic (exact) mass is 445 g/mol. The first-order valence-electron chi connectivity index (χ1n) is 10.6. The highest BCUT2D eigenvalue weighted by atomic mass is 19.4. The van der Waals surface area contributed by atoms with Crippen LogP contribution in [0.4, 0.5) is 18.9 Å². The Morgan fingerprint density at radius 3 is 2.34 bits per heavy atom. The van der Waals surface area contributed by atoms with Gasteiger partial charge in [-0.05, 0) is 43.9 Å². The molecule has 1 amide bonds. The summed E-state index contributed by atoms with van der Waals surface area (Å²) in [6.45, 7) is 3.96. The molecule has 0 bridgehead atoms. The van der Waals surface area contributed by atoms with E-state index in [4.69, 9.17) is 5.26 Å². The van der Waals surface area contributed by atoms with Gasteiger partial charge in [-0.2, -0.15) is 18.4 Å². The number of benzene rings is 1. The summed E-state index contributed by atoms with van der Waals surface area (Å²) in [7, 11) is 1.76. The molecule has 0 unspecified atom stereocenters. The summed E-state index contributed by atoms with van der Waals surface area (Å²) in [4.78, 5) is 22.8. The molecule has 9 heteroatoms. The number of nitrogens with zero attached hydrogens (tertiary/aromatic N) is 4. The molecule has 1 N–H and O–H groups in total. The molecule has 1 fully saturated rings. The van der Waals surface area contributed by atoms with Crippen molar-refractivity contribution in [2.75, 3.05) is 11.9 Å². The lowest BCUT2D eigenvalue weighted by molar-refractivity contribution is -0.137. The van der Waals surface area contributed by atoms with Crippen molar-refractivity contribution in [3.05, 3.63) is 53.1 Å². The number of carbonyl (C=O) groups excluding carboxylic acids is 1. The van der Waals surface area contributed by atoms with Crippen LogP contribution in [0.3, 0.4) is 0 Å². The smallest absolute Gasteiger partial charge is 0.372 e. The summed E-state index contributed by atoms with van der Waals surface area (Å²) in [5.41, 5.74) is -0.473. The van der Waals surface area contributed by atoms with Gasteiger partial charge in [0.15, 0.2) is 0 Å². The Bertz CT molecular complexity index is 990. The highest BCUT2D eigenvalue weighted by molar-refractivity contribution is 5.93. The summed E-state index contributed by atoms with van der Waals surface area (Å²) in [5.74, 6) is 0.642. The minimum Gasteiger partial charge on any atom is -0.372 e. The summed E-state index contributed by atoms with van der Waals surface area (Å²) in [6, 6.07) is 5.44. The molecule has 170 valence electrons. The van der Waals surface area contributed by atoms with Crippen molar-refractivity contribution < 1.29 is 18.0 Å². The zero-order valence-electron chi connectivity index (χ0n) is 18.3. The number of aromatic nitrogens is 2. The van der Waals surface area contributed by atoms with Crippen LogP contribution in [0.25, 0.3) is 0 Å². The number of nitriles is 1. The second-order valence-electron chi connectivity index (χ2n) is 8.41. The van der Waals surface area contributed by atoms with E-state index < -0.39 is 11.7 Å². The molecule has 32 heavy (non-hydrogen) atoms. The number of amides is 1. The van der Waals surface area contributed by atoms with Crippen molar-refractivity contribution in [1.29, 1.82) is 5.26 Å². The van der Waals surface area contributed by atoms with Gasteiger partial charge in [-0.1, -0.05) is 13.8 Å². The van der Waals surface area contributed by atoms with Crippen LogP contribution in [0.15, 0.2) is 30.6 Å². The number of alkyl halides is 3. The van der Waals surface area contributed by atoms with Crippen LogP contribution in [-0.4, -0.2) is 35.0 Å². The van der Waals surface area contributed by atoms with Gasteiger partial charge in [0.05, 0.1) is 22.8 Å². The molecule has 0 saturated heterocycles. The molecular weight excluding hydrogens is 419 g/mol. The summed E-state index contributed by atoms with van der Waals surface area (Å²) in [5, 5.41) is 12.0. The maximum Gasteiger partial charge on any atom is 0.417 e. The molecule has 1 saturated carbocycles. The lowest BCUT2D eigenvalue weighted by Crippen LogP contribution is -2.43. The quantitative estimate of drug-likeness (QED) is 0.723. The van der Waals surface area contributed by atoms with Crippen LogP contribution in [0, 0.1) is 11.3 Å². The second-order valence-corrected chi connectivity index (χ2v) is 8.41. The molecule has 1 heterocycles. The van der Waals surface area contributed by atoms with E-state index in [0.717, 1.165) is 18.9 Å². The number of halogens is 3. The van der Waals surface area contributed by atoms with Crippen molar-refractivity contribution >= 4 is 11.6 Å². The van der Waals surface area contributed by atoms with Gasteiger partial charge in [-0.15, -0.1) is 0 Å². The molecule has 3 rings (SSSR count). The van der Waals surface area contributed by atoms with E-state index in [1.807, 2.05) is 18.7 Å². The Hall–Kier alpha value is -3.15. The third-order valence-electron chi connectivity index (χ3n) is 5.87. The highest BCUT2D eigenvalue weighted by Gasteiger charge is 2.34. The van der Waals surface area contributed by atoms with Gasteiger partial charge >= 0.3 is 6.18 Å². The van der Waals surface area contributed by atoms with Gasteiger partial charge in [-0.3, -0.25) is 4.79 Å². The van der Waals surface area contributed by atoms with Gasteiger partial charge < -0.3 is 10.2 Å². The molecule has 2 aromatic rings. The molecule has 6 nitrogen and oxygen atoms in total. The van der Waals surface area contributed by atoms with Crippen molar-refractivity contribution in [2.24, 2.45) is 0 Å². The van der Waals surface area contributed by atoms with Crippen LogP contribution in [0.2, 0.25) is 0 Å². The van der Waals surface area contributed by atoms with Crippen molar-refractivity contribution in [3.8, 4) is 6.07 Å². The van der Waals surface area contributed by atoms with E-state index in [9.17, 15) is 18.0 Å². The maximum atomic E-state index is 13.3. The predicted octanol–water partition coefficient (Wildman–Crippen LogP) is 4.67. The molecule has 0 atom stereocenters. The minimum absolute atomic E-state index is 0.0105. The van der Waals surface area contributed by atoms with Crippen LogP contribution < -0.4 is 10.2 Å². The average Bonchev–Trinajstić information content (AvgIpc) is 2.78. The molecule has 0 spiro atoms. The lowest BCUT2D eigenvalue weighted by Gasteiger charge is -2.36. The molecule has 1 aromatic carbocycles. The fourth-order valence-electron chi connectivity index (χ4n) is 3.92. The van der Waals surface area contributed by atoms with Gasteiger partial charge in [0.1, 0.15) is 5.82 Å². The van der Waals surface area contributed by atoms with Gasteiger partial charge in [-0.25, -0.2) is 9.97 Å². The van der Waals surface area contributed by atoms with E-state index in [1.54, 1.807) is 19.2 Å². The Morgan fingerprint density at radius 2 is 1.81 bits per heavy atom. The average molecular weight is 445 g/mol. The number of carbonyl (C=O) groups is 1. The zero-order valence-corrected chi connectivity index (χ0v) is 18.3. The second kappa shape index (κ2) is 9.55. The zero-order chi connectivity index (χ0) is 23.5. The molecule has 0 aliphatic heterocycles. The molecule has 1 aromatic heterocycles. The Labute approximate surface area is 185 Å². The van der Waals surface area contributed by atoms with Crippen LogP contribution in [0.1, 0.15) is 72.8 Å². The lowest BCUT2D eigenvalue weighted by atomic mass is 9.89. The number of hydrogen-bond donors (Lipinski definition) is 1. The summed E-state index contributed by atoms with van der Waals surface area (Å²) in [6.07, 6.45) is 1.36. The number of anilines is 1. The Balaban J connectivity index is 1.59. The van der Waals surface area contributed by atoms with Crippen LogP contribution >= 0.6 is 0 Å². The molecule has 0 radical (unpaired) electrons. The third-order valence-corrected chi connectivity index (χ3v) is 5.87. The van der Waals surface area contributed by atoms with Gasteiger partial charge in [0.2, 0.25) is 0 Å². The normalized spacial score (nSPS) is 18.8. The third kappa shape index (κ3) is 5.36. The molecule has 1 aliphatic carbocycles. The van der Waals surface area contributed by atoms with E-state index >= 15 is 0 Å². The van der Waals surface area contributed by atoms with Gasteiger partial charge in [0.25, 0.3) is 5.91 Å². The standard InChI is InChI=1S/C23H26F3N5O/c1-14(2)21-28-12-16(13-29-21)22(32)30-17-5-8-18(9-6-17)31(3)19-7-4-15(11-27)20(10-19)23(24,25)26/h4,7,10,12-14,17-18H,5-6,8-9H2,1-3H3,(H,30,32). The first-order valence-corrected chi connectivity index (χ1v) is 10.6. The topological polar surface area (TPSA) is 81.9 Å². The summed E-state index contributed by atoms with van der Waals surface area (Å²) >= 11 is 0. The van der Waals surface area contributed by atoms with Crippen molar-refractivity contribution in [1.82, 2.24) is 15.3 Å². The Morgan fingerprint density at radius 1 is 1.19 bits per heavy atom. The van der Waals surface area contributed by atoms with Crippen molar-refractivity contribution in [2.45, 2.75) is 63.7 Å². The number of rotatable bonds is 5. The van der Waals surface area contributed by atoms with E-state index in [1.165, 1.54) is 18.5 Å². The first-order chi connectivity index (χ1) is 15.1. The fraction of sp³-hybridized carbons (Fsp3) is 0.478. The Kier molecular flexibility index (Phi) is 7.02. The predicted molar refractivity (Wildman–Crippen MR) is 114 cm³/mol. The maximum absolute atomic E-state index is 13.3. The van der Waals surface area contributed by atoms with Crippen LogP contribution in [-0.2, 0) is 6.18 Å². The first kappa shape index (κ1) is 23.5. The largest absolute Gasteiger partial charge is 0.417 e. The van der Waals surface area contributed by atoms with Crippen LogP contribution in [0.5, 0.6) is 0 Å². The number of hydrogen-bond acceptors (Lipinski definition) is 5. The molecule has 1 aliphatic rings. The minimum atomic E-state index is -4.58. The van der Waals surface area contributed by atoms with Crippen molar-refractivity contribution in [3.63, 3.8) is 0 Å².